The predicted molar refractivity (Wildman–Crippen MR) is 113 cm³/mol. The quantitative estimate of drug-likeness (QED) is 0.428. The van der Waals surface area contributed by atoms with Gasteiger partial charge < -0.3 is 15.5 Å². The van der Waals surface area contributed by atoms with Gasteiger partial charge in [0.2, 0.25) is 5.88 Å². The number of halogens is 10. The minimum absolute atomic E-state index is 0.109. The Bertz CT molecular complexity index is 1330. The summed E-state index contributed by atoms with van der Waals surface area (Å²) in [6.45, 7) is -0.583. The first-order valence-corrected chi connectivity index (χ1v) is 10.9. The van der Waals surface area contributed by atoms with Gasteiger partial charge in [0, 0.05) is 18.2 Å². The van der Waals surface area contributed by atoms with E-state index in [4.69, 9.17) is 33.7 Å². The average Bonchev–Trinajstić information content (AvgIpc) is 3.07. The first kappa shape index (κ1) is 27.7. The zero-order valence-corrected chi connectivity index (χ0v) is 19.8. The van der Waals surface area contributed by atoms with E-state index < -0.39 is 81.5 Å². The van der Waals surface area contributed by atoms with E-state index in [0.717, 1.165) is 6.33 Å². The van der Waals surface area contributed by atoms with E-state index in [2.05, 4.69) is 9.97 Å². The fourth-order valence-corrected chi connectivity index (χ4v) is 4.91. The zero-order chi connectivity index (χ0) is 28.4. The molecular formula is C20H12Cl2F8N6O2. The number of nitrogens with zero attached hydrogens (tertiary/aromatic N) is 4. The van der Waals surface area contributed by atoms with Crippen LogP contribution in [0, 0.1) is 16.7 Å². The number of primary amides is 1. The Balaban J connectivity index is 2.05. The maximum absolute atomic E-state index is 14.5. The minimum atomic E-state index is -5.67. The van der Waals surface area contributed by atoms with Crippen LogP contribution in [0.5, 0.6) is 0 Å². The second-order valence-corrected chi connectivity index (χ2v) is 9.04. The van der Waals surface area contributed by atoms with Crippen molar-refractivity contribution in [2.45, 2.75) is 37.3 Å². The standard InChI is InChI=1S/C20H12Cl2F8N6O2/c21-10-1-8(19(25,26)27)2-11(22)14(10)36-15(38-16(32)37)13(17(20(28,29)30)6-18(17,23)24)12(3-31)35(36)5-9-4-33-7-34-9/h1-2,4,7,12H,5-6H2,(H2,32,37)(H,33,34). The molecule has 2 unspecified atom stereocenters. The summed E-state index contributed by atoms with van der Waals surface area (Å²) < 4.78 is 116. The molecule has 1 saturated carbocycles. The molecule has 2 aliphatic rings. The van der Waals surface area contributed by atoms with Crippen molar-refractivity contribution in [3.05, 3.63) is 57.4 Å². The van der Waals surface area contributed by atoms with E-state index >= 15 is 0 Å². The Morgan fingerprint density at radius 2 is 1.82 bits per heavy atom. The van der Waals surface area contributed by atoms with Gasteiger partial charge in [0.1, 0.15) is 6.04 Å². The summed E-state index contributed by atoms with van der Waals surface area (Å²) in [5, 5.41) is 9.39. The van der Waals surface area contributed by atoms with Gasteiger partial charge in [0.25, 0.3) is 5.92 Å². The number of aromatic nitrogens is 2. The van der Waals surface area contributed by atoms with Crippen molar-refractivity contribution in [3.8, 4) is 6.07 Å². The third-order valence-corrected chi connectivity index (χ3v) is 6.52. The van der Waals surface area contributed by atoms with E-state index in [1.807, 2.05) is 0 Å². The van der Waals surface area contributed by atoms with Gasteiger partial charge in [-0.3, -0.25) is 0 Å². The number of alkyl halides is 8. The van der Waals surface area contributed by atoms with Crippen molar-refractivity contribution < 1.29 is 44.7 Å². The molecule has 1 aromatic carbocycles. The zero-order valence-electron chi connectivity index (χ0n) is 18.3. The third-order valence-electron chi connectivity index (χ3n) is 5.94. The van der Waals surface area contributed by atoms with Gasteiger partial charge >= 0.3 is 18.4 Å². The average molecular weight is 591 g/mol. The maximum Gasteiger partial charge on any atom is 0.416 e. The van der Waals surface area contributed by atoms with E-state index in [1.54, 1.807) is 0 Å². The smallest absolute Gasteiger partial charge is 0.392 e. The molecule has 1 amide bonds. The van der Waals surface area contributed by atoms with Crippen LogP contribution in [0.4, 0.5) is 45.6 Å². The maximum atomic E-state index is 14.5. The molecule has 1 aliphatic carbocycles. The fraction of sp³-hybridized carbons (Fsp3) is 0.350. The van der Waals surface area contributed by atoms with Crippen molar-refractivity contribution in [2.75, 3.05) is 5.01 Å². The van der Waals surface area contributed by atoms with E-state index in [1.165, 1.54) is 12.3 Å². The highest BCUT2D eigenvalue weighted by Crippen LogP contribution is 2.74. The highest BCUT2D eigenvalue weighted by molar-refractivity contribution is 6.39. The molecule has 1 aromatic heterocycles. The fourth-order valence-electron chi connectivity index (χ4n) is 4.26. The molecule has 2 atom stereocenters. The lowest BCUT2D eigenvalue weighted by Gasteiger charge is -2.33. The van der Waals surface area contributed by atoms with Crippen LogP contribution in [0.15, 0.2) is 36.1 Å². The van der Waals surface area contributed by atoms with Crippen LogP contribution in [-0.4, -0.2) is 39.2 Å². The van der Waals surface area contributed by atoms with Crippen molar-refractivity contribution in [3.63, 3.8) is 0 Å². The molecule has 1 fully saturated rings. The van der Waals surface area contributed by atoms with Crippen molar-refractivity contribution in [1.29, 1.82) is 5.26 Å². The summed E-state index contributed by atoms with van der Waals surface area (Å²) in [7, 11) is 0. The Labute approximate surface area is 217 Å². The van der Waals surface area contributed by atoms with Crippen LogP contribution < -0.4 is 10.7 Å². The highest BCUT2D eigenvalue weighted by atomic mass is 35.5. The number of imidazole rings is 1. The number of amides is 1. The molecule has 1 aliphatic heterocycles. The number of ether oxygens (including phenoxy) is 1. The summed E-state index contributed by atoms with van der Waals surface area (Å²) in [5.41, 5.74) is -2.30. The molecule has 0 saturated heterocycles. The molecule has 0 spiro atoms. The Kier molecular flexibility index (Phi) is 6.49. The number of hydrogen-bond donors (Lipinski definition) is 2. The molecule has 38 heavy (non-hydrogen) atoms. The van der Waals surface area contributed by atoms with Crippen LogP contribution in [0.2, 0.25) is 10.0 Å². The number of carbonyl (C=O) groups is 1. The number of hydrogen-bond acceptors (Lipinski definition) is 6. The van der Waals surface area contributed by atoms with Crippen LogP contribution in [0.25, 0.3) is 0 Å². The Morgan fingerprint density at radius 1 is 1.24 bits per heavy atom. The van der Waals surface area contributed by atoms with Gasteiger partial charge in [-0.05, 0) is 12.1 Å². The van der Waals surface area contributed by atoms with Crippen molar-refractivity contribution in [1.82, 2.24) is 15.0 Å². The first-order valence-electron chi connectivity index (χ1n) is 10.1. The van der Waals surface area contributed by atoms with Gasteiger partial charge in [-0.25, -0.2) is 23.6 Å². The van der Waals surface area contributed by atoms with E-state index in [9.17, 15) is 45.2 Å². The number of nitrogens with one attached hydrogen (secondary N) is 1. The molecule has 8 nitrogen and oxygen atoms in total. The molecule has 0 bridgehead atoms. The number of H-pyrrole nitrogens is 1. The topological polar surface area (TPSA) is 111 Å². The lowest BCUT2D eigenvalue weighted by Crippen LogP contribution is -2.44. The van der Waals surface area contributed by atoms with Crippen LogP contribution >= 0.6 is 23.2 Å². The molecule has 2 heterocycles. The van der Waals surface area contributed by atoms with Gasteiger partial charge in [0.05, 0.1) is 45.9 Å². The lowest BCUT2D eigenvalue weighted by atomic mass is 9.89. The number of carbonyl (C=O) groups excluding carboxylic acids is 1. The lowest BCUT2D eigenvalue weighted by molar-refractivity contribution is -0.200. The molecule has 204 valence electrons. The normalized spacial score (nSPS) is 23.5. The number of nitriles is 1. The monoisotopic (exact) mass is 590 g/mol. The minimum Gasteiger partial charge on any atom is -0.392 e. The number of hydrazine groups is 1. The van der Waals surface area contributed by atoms with Gasteiger partial charge in [-0.1, -0.05) is 23.2 Å². The largest absolute Gasteiger partial charge is 0.416 e. The number of aromatic amines is 1. The first-order chi connectivity index (χ1) is 17.5. The molecule has 0 radical (unpaired) electrons. The second kappa shape index (κ2) is 8.89. The second-order valence-electron chi connectivity index (χ2n) is 8.23. The molecule has 4 rings (SSSR count). The summed E-state index contributed by atoms with van der Waals surface area (Å²) in [6, 6.07) is -0.0110. The summed E-state index contributed by atoms with van der Waals surface area (Å²) in [4.78, 5) is 18.1. The number of nitrogens with two attached hydrogens (primary N) is 1. The molecule has 18 heteroatoms. The van der Waals surface area contributed by atoms with Gasteiger partial charge in [-0.2, -0.15) is 36.6 Å². The highest BCUT2D eigenvalue weighted by Gasteiger charge is 2.87. The number of anilines is 1. The van der Waals surface area contributed by atoms with Crippen molar-refractivity contribution in [2.24, 2.45) is 11.1 Å². The Hall–Kier alpha value is -3.29. The summed E-state index contributed by atoms with van der Waals surface area (Å²) in [6.07, 6.45) is -11.9. The summed E-state index contributed by atoms with van der Waals surface area (Å²) in [5.74, 6) is -5.74. The Morgan fingerprint density at radius 3 is 2.21 bits per heavy atom. The SMILES string of the molecule is N#CC1C(C2(C(F)(F)F)CC2(F)F)=C(OC(N)=O)N(c2c(Cl)cc(C(F)(F)F)cc2Cl)N1Cc1cnc[nH]1. The van der Waals surface area contributed by atoms with Crippen LogP contribution in [0.3, 0.4) is 0 Å². The molecule has 3 N–H and O–H groups in total. The van der Waals surface area contributed by atoms with Gasteiger partial charge in [0.15, 0.2) is 5.41 Å². The van der Waals surface area contributed by atoms with E-state index in [0.29, 0.717) is 22.2 Å². The van der Waals surface area contributed by atoms with Crippen LogP contribution in [0.1, 0.15) is 17.7 Å². The third kappa shape index (κ3) is 4.28. The van der Waals surface area contributed by atoms with E-state index in [-0.39, 0.29) is 5.69 Å². The number of benzene rings is 1. The van der Waals surface area contributed by atoms with Crippen LogP contribution in [-0.2, 0) is 17.5 Å². The van der Waals surface area contributed by atoms with Crippen molar-refractivity contribution >= 4 is 35.0 Å². The van der Waals surface area contributed by atoms with Gasteiger partial charge in [-0.15, -0.1) is 0 Å². The summed E-state index contributed by atoms with van der Waals surface area (Å²) >= 11 is 12.1. The molecular weight excluding hydrogens is 579 g/mol. The number of rotatable bonds is 5. The predicted octanol–water partition coefficient (Wildman–Crippen LogP) is 5.76. The molecule has 2 aromatic rings.